The van der Waals surface area contributed by atoms with E-state index in [1.165, 1.54) is 7.11 Å². The van der Waals surface area contributed by atoms with Crippen LogP contribution in [0.3, 0.4) is 0 Å². The summed E-state index contributed by atoms with van der Waals surface area (Å²) in [6.45, 7) is 0. The highest BCUT2D eigenvalue weighted by Gasteiger charge is 2.14. The van der Waals surface area contributed by atoms with Crippen molar-refractivity contribution in [2.45, 2.75) is 5.03 Å². The number of thioether (sulfide) groups is 1. The molecule has 0 spiro atoms. The first-order valence-corrected chi connectivity index (χ1v) is 4.76. The average molecular weight is 245 g/mol. The molecule has 0 unspecified atom stereocenters. The number of hydrogen-bond donors (Lipinski definition) is 1. The van der Waals surface area contributed by atoms with E-state index in [1.54, 1.807) is 6.07 Å². The summed E-state index contributed by atoms with van der Waals surface area (Å²) < 4.78 is 4.40. The molecule has 78 valence electrons. The molecule has 0 aliphatic carbocycles. The average Bonchev–Trinajstić information content (AvgIpc) is 2.22. The van der Waals surface area contributed by atoms with Gasteiger partial charge in [0.1, 0.15) is 11.1 Å². The zero-order valence-corrected chi connectivity index (χ0v) is 9.09. The van der Waals surface area contributed by atoms with E-state index >= 15 is 0 Å². The van der Waals surface area contributed by atoms with Gasteiger partial charge in [-0.25, -0.2) is 14.8 Å². The van der Waals surface area contributed by atoms with Crippen molar-refractivity contribution in [3.05, 3.63) is 10.8 Å². The molecular formula is C7H5ClN4O2S. The molecule has 8 heteroatoms. The lowest BCUT2D eigenvalue weighted by Crippen LogP contribution is -2.02. The van der Waals surface area contributed by atoms with Gasteiger partial charge in [-0.15, -0.1) is 0 Å². The number of hydrogen-bond acceptors (Lipinski definition) is 7. The number of nitrogens with two attached hydrogens (primary N) is 1. The first-order valence-electron chi connectivity index (χ1n) is 3.57. The molecule has 2 N–H and O–H groups in total. The quantitative estimate of drug-likeness (QED) is 0.589. The molecule has 0 amide bonds. The van der Waals surface area contributed by atoms with Crippen molar-refractivity contribution < 1.29 is 9.53 Å². The van der Waals surface area contributed by atoms with Crippen LogP contribution >= 0.6 is 23.4 Å². The van der Waals surface area contributed by atoms with E-state index in [9.17, 15) is 4.79 Å². The number of aromatic nitrogens is 2. The maximum absolute atomic E-state index is 10.9. The Hall–Kier alpha value is -1.52. The Morgan fingerprint density at radius 2 is 2.33 bits per heavy atom. The molecule has 6 nitrogen and oxygen atoms in total. The second-order valence-electron chi connectivity index (χ2n) is 2.22. The first kappa shape index (κ1) is 11.6. The minimum Gasteiger partial charge on any atom is -0.461 e. The Labute approximate surface area is 94.4 Å². The van der Waals surface area contributed by atoms with E-state index < -0.39 is 5.30 Å². The molecule has 0 bridgehead atoms. The molecule has 0 radical (unpaired) electrons. The number of nitriles is 1. The molecule has 1 aromatic rings. The lowest BCUT2D eigenvalue weighted by atomic mass is 10.4. The van der Waals surface area contributed by atoms with E-state index in [0.29, 0.717) is 11.8 Å². The van der Waals surface area contributed by atoms with Gasteiger partial charge in [0.2, 0.25) is 0 Å². The largest absolute Gasteiger partial charge is 0.461 e. The Bertz CT molecular complexity index is 445. The van der Waals surface area contributed by atoms with Crippen LogP contribution in [0.25, 0.3) is 0 Å². The number of carbonyl (C=O) groups is 1. The minimum atomic E-state index is -0.588. The molecular weight excluding hydrogens is 240 g/mol. The number of rotatable bonds is 1. The second kappa shape index (κ2) is 4.82. The summed E-state index contributed by atoms with van der Waals surface area (Å²) in [5, 5.41) is 8.04. The van der Waals surface area contributed by atoms with Crippen LogP contribution in [0.15, 0.2) is 5.03 Å². The van der Waals surface area contributed by atoms with Crippen molar-refractivity contribution in [3.63, 3.8) is 0 Å². The van der Waals surface area contributed by atoms with Crippen LogP contribution in [-0.4, -0.2) is 22.4 Å². The number of ether oxygens (including phenoxy) is 1. The van der Waals surface area contributed by atoms with Crippen molar-refractivity contribution in [2.75, 3.05) is 12.8 Å². The van der Waals surface area contributed by atoms with Gasteiger partial charge >= 0.3 is 5.30 Å². The topological polar surface area (TPSA) is 102 Å². The van der Waals surface area contributed by atoms with Crippen molar-refractivity contribution in [3.8, 4) is 6.07 Å². The SMILES string of the molecule is COC(=O)Sc1nc(N)c(C#N)nc1Cl. The highest BCUT2D eigenvalue weighted by Crippen LogP contribution is 2.26. The zero-order chi connectivity index (χ0) is 11.4. The molecule has 1 heterocycles. The van der Waals surface area contributed by atoms with Crippen LogP contribution in [0.4, 0.5) is 10.6 Å². The maximum atomic E-state index is 10.9. The highest BCUT2D eigenvalue weighted by molar-refractivity contribution is 8.13. The summed E-state index contributed by atoms with van der Waals surface area (Å²) in [5.74, 6) is -0.0756. The number of nitrogens with zero attached hydrogens (tertiary/aromatic N) is 3. The third kappa shape index (κ3) is 2.71. The fraction of sp³-hybridized carbons (Fsp3) is 0.143. The normalized spacial score (nSPS) is 9.40. The van der Waals surface area contributed by atoms with Gasteiger partial charge in [0.15, 0.2) is 16.7 Å². The number of nitrogen functional groups attached to an aromatic ring is 1. The molecule has 15 heavy (non-hydrogen) atoms. The van der Waals surface area contributed by atoms with Gasteiger partial charge in [0, 0.05) is 11.8 Å². The van der Waals surface area contributed by atoms with Gasteiger partial charge in [-0.3, -0.25) is 0 Å². The predicted octanol–water partition coefficient (Wildman–Crippen LogP) is 1.44. The van der Waals surface area contributed by atoms with Crippen LogP contribution in [0.2, 0.25) is 5.15 Å². The van der Waals surface area contributed by atoms with Crippen LogP contribution in [0.5, 0.6) is 0 Å². The van der Waals surface area contributed by atoms with Gasteiger partial charge < -0.3 is 10.5 Å². The Balaban J connectivity index is 3.06. The number of carbonyl (C=O) groups excluding carboxylic acids is 1. The van der Waals surface area contributed by atoms with Crippen molar-refractivity contribution in [1.82, 2.24) is 9.97 Å². The maximum Gasteiger partial charge on any atom is 0.373 e. The molecule has 0 atom stereocenters. The summed E-state index contributed by atoms with van der Waals surface area (Å²) in [5.41, 5.74) is 5.32. The third-order valence-electron chi connectivity index (χ3n) is 1.30. The lowest BCUT2D eigenvalue weighted by Gasteiger charge is -2.02. The summed E-state index contributed by atoms with van der Waals surface area (Å²) in [4.78, 5) is 18.3. The van der Waals surface area contributed by atoms with E-state index in [1.807, 2.05) is 0 Å². The Kier molecular flexibility index (Phi) is 3.71. The van der Waals surface area contributed by atoms with Crippen LogP contribution in [0, 0.1) is 11.3 Å². The third-order valence-corrected chi connectivity index (χ3v) is 2.49. The molecule has 0 aliphatic rings. The Morgan fingerprint density at radius 1 is 1.67 bits per heavy atom. The number of anilines is 1. The molecule has 1 rings (SSSR count). The minimum absolute atomic E-state index is 0.0591. The fourth-order valence-electron chi connectivity index (χ4n) is 0.680. The monoisotopic (exact) mass is 244 g/mol. The van der Waals surface area contributed by atoms with Crippen LogP contribution in [0.1, 0.15) is 5.69 Å². The van der Waals surface area contributed by atoms with Gasteiger partial charge in [0.05, 0.1) is 7.11 Å². The summed E-state index contributed by atoms with van der Waals surface area (Å²) in [7, 11) is 1.23. The smallest absolute Gasteiger partial charge is 0.373 e. The molecule has 1 aromatic heterocycles. The lowest BCUT2D eigenvalue weighted by molar-refractivity contribution is 0.200. The van der Waals surface area contributed by atoms with Crippen molar-refractivity contribution >= 4 is 34.5 Å². The van der Waals surface area contributed by atoms with E-state index in [-0.39, 0.29) is 21.7 Å². The van der Waals surface area contributed by atoms with Crippen molar-refractivity contribution in [2.24, 2.45) is 0 Å². The van der Waals surface area contributed by atoms with E-state index in [2.05, 4.69) is 14.7 Å². The summed E-state index contributed by atoms with van der Waals surface area (Å²) in [6, 6.07) is 1.72. The zero-order valence-electron chi connectivity index (χ0n) is 7.52. The van der Waals surface area contributed by atoms with E-state index in [0.717, 1.165) is 0 Å². The van der Waals surface area contributed by atoms with Crippen LogP contribution in [-0.2, 0) is 4.74 Å². The molecule has 0 saturated heterocycles. The van der Waals surface area contributed by atoms with E-state index in [4.69, 9.17) is 22.6 Å². The van der Waals surface area contributed by atoms with Gasteiger partial charge in [-0.2, -0.15) is 5.26 Å². The Morgan fingerprint density at radius 3 is 2.87 bits per heavy atom. The standard InChI is InChI=1S/C7H5ClN4O2S/c1-14-7(13)15-6-4(8)11-3(2-9)5(10)12-6/h1H3,(H2,10,12). The highest BCUT2D eigenvalue weighted by atomic mass is 35.5. The molecule has 0 aliphatic heterocycles. The second-order valence-corrected chi connectivity index (χ2v) is 3.50. The van der Waals surface area contributed by atoms with Gasteiger partial charge in [-0.1, -0.05) is 11.6 Å². The van der Waals surface area contributed by atoms with Crippen LogP contribution < -0.4 is 5.73 Å². The summed E-state index contributed by atoms with van der Waals surface area (Å²) in [6.07, 6.45) is 0. The molecule has 0 saturated carbocycles. The number of halogens is 1. The van der Waals surface area contributed by atoms with Gasteiger partial charge in [-0.05, 0) is 0 Å². The first-order chi connectivity index (χ1) is 7.08. The molecule has 0 aromatic carbocycles. The summed E-state index contributed by atoms with van der Waals surface area (Å²) >= 11 is 6.32. The predicted molar refractivity (Wildman–Crippen MR) is 54.4 cm³/mol. The van der Waals surface area contributed by atoms with Crippen molar-refractivity contribution in [1.29, 1.82) is 5.26 Å². The number of methoxy groups -OCH3 is 1. The van der Waals surface area contributed by atoms with Gasteiger partial charge in [0.25, 0.3) is 0 Å². The fourth-order valence-corrected chi connectivity index (χ4v) is 1.44. The molecule has 0 fully saturated rings.